The normalized spacial score (nSPS) is 12.2. The third-order valence-electron chi connectivity index (χ3n) is 2.99. The second-order valence-corrected chi connectivity index (χ2v) is 4.72. The fraction of sp³-hybridized carbons (Fsp3) is 0.200. The van der Waals surface area contributed by atoms with Gasteiger partial charge in [-0.3, -0.25) is 0 Å². The molecule has 1 N–H and O–H groups in total. The lowest BCUT2D eigenvalue weighted by Crippen LogP contribution is -2.06. The van der Waals surface area contributed by atoms with Gasteiger partial charge in [-0.15, -0.1) is 0 Å². The number of aliphatic hydroxyl groups is 1. The van der Waals surface area contributed by atoms with E-state index in [1.54, 1.807) is 18.2 Å². The van der Waals surface area contributed by atoms with Gasteiger partial charge in [-0.2, -0.15) is 0 Å². The molecule has 0 aliphatic rings. The molecule has 0 amide bonds. The summed E-state index contributed by atoms with van der Waals surface area (Å²) in [6.07, 6.45) is -1.06. The summed E-state index contributed by atoms with van der Waals surface area (Å²) in [5.74, 6) is -0.932. The first-order valence-electron chi connectivity index (χ1n) is 5.97. The van der Waals surface area contributed by atoms with Crippen LogP contribution in [0.25, 0.3) is 0 Å². The van der Waals surface area contributed by atoms with E-state index in [1.165, 1.54) is 13.2 Å². The predicted molar refractivity (Wildman–Crippen MR) is 73.0 cm³/mol. The standard InChI is InChI=1S/C15H13ClF2O2/c1-20-14-4-2-3-11(16)15(14)13(19)7-9-5-6-10(17)8-12(9)18/h2-6,8,13,19H,7H2,1H3. The zero-order valence-electron chi connectivity index (χ0n) is 10.7. The summed E-state index contributed by atoms with van der Waals surface area (Å²) < 4.78 is 31.6. The van der Waals surface area contributed by atoms with Crippen molar-refractivity contribution in [2.45, 2.75) is 12.5 Å². The van der Waals surface area contributed by atoms with Crippen LogP contribution in [-0.2, 0) is 6.42 Å². The number of ether oxygens (including phenoxy) is 1. The lowest BCUT2D eigenvalue weighted by Gasteiger charge is -2.16. The molecule has 0 bridgehead atoms. The number of aliphatic hydroxyl groups excluding tert-OH is 1. The van der Waals surface area contributed by atoms with Gasteiger partial charge in [0.1, 0.15) is 17.4 Å². The molecule has 1 atom stereocenters. The van der Waals surface area contributed by atoms with Crippen LogP contribution < -0.4 is 4.74 Å². The lowest BCUT2D eigenvalue weighted by molar-refractivity contribution is 0.173. The molecule has 0 heterocycles. The van der Waals surface area contributed by atoms with Crippen LogP contribution in [0.3, 0.4) is 0 Å². The van der Waals surface area contributed by atoms with Gasteiger partial charge in [0.2, 0.25) is 0 Å². The molecular weight excluding hydrogens is 286 g/mol. The van der Waals surface area contributed by atoms with E-state index in [0.29, 0.717) is 16.3 Å². The van der Waals surface area contributed by atoms with Crippen LogP contribution in [0.15, 0.2) is 36.4 Å². The van der Waals surface area contributed by atoms with Crippen molar-refractivity contribution in [3.63, 3.8) is 0 Å². The lowest BCUT2D eigenvalue weighted by atomic mass is 10.00. The first-order chi connectivity index (χ1) is 9.52. The van der Waals surface area contributed by atoms with Crippen molar-refractivity contribution in [3.05, 3.63) is 64.2 Å². The van der Waals surface area contributed by atoms with E-state index in [-0.39, 0.29) is 12.0 Å². The summed E-state index contributed by atoms with van der Waals surface area (Å²) in [6, 6.07) is 8.20. The smallest absolute Gasteiger partial charge is 0.129 e. The van der Waals surface area contributed by atoms with Crippen LogP contribution in [-0.4, -0.2) is 12.2 Å². The van der Waals surface area contributed by atoms with Crippen LogP contribution >= 0.6 is 11.6 Å². The second kappa shape index (κ2) is 6.20. The van der Waals surface area contributed by atoms with E-state index < -0.39 is 17.7 Å². The minimum absolute atomic E-state index is 0.0216. The summed E-state index contributed by atoms with van der Waals surface area (Å²) in [6.45, 7) is 0. The van der Waals surface area contributed by atoms with Crippen molar-refractivity contribution in [1.29, 1.82) is 0 Å². The van der Waals surface area contributed by atoms with Crippen LogP contribution in [0.5, 0.6) is 5.75 Å². The summed E-state index contributed by atoms with van der Waals surface area (Å²) >= 11 is 6.04. The van der Waals surface area contributed by atoms with E-state index in [4.69, 9.17) is 16.3 Å². The Kier molecular flexibility index (Phi) is 4.57. The van der Waals surface area contributed by atoms with E-state index in [2.05, 4.69) is 0 Å². The van der Waals surface area contributed by atoms with Crippen molar-refractivity contribution in [3.8, 4) is 5.75 Å². The maximum Gasteiger partial charge on any atom is 0.129 e. The van der Waals surface area contributed by atoms with Gasteiger partial charge in [0.05, 0.1) is 18.2 Å². The van der Waals surface area contributed by atoms with Gasteiger partial charge in [-0.25, -0.2) is 8.78 Å². The van der Waals surface area contributed by atoms with Crippen molar-refractivity contribution in [1.82, 2.24) is 0 Å². The van der Waals surface area contributed by atoms with Crippen LogP contribution in [0.4, 0.5) is 8.78 Å². The van der Waals surface area contributed by atoms with Gasteiger partial charge in [0, 0.05) is 18.1 Å². The first-order valence-corrected chi connectivity index (χ1v) is 6.35. The van der Waals surface area contributed by atoms with Crippen LogP contribution in [0.2, 0.25) is 5.02 Å². The predicted octanol–water partition coefficient (Wildman–Crippen LogP) is 3.90. The van der Waals surface area contributed by atoms with Gasteiger partial charge in [0.15, 0.2) is 0 Å². The molecule has 0 aromatic heterocycles. The van der Waals surface area contributed by atoms with Crippen molar-refractivity contribution in [2.75, 3.05) is 7.11 Å². The average Bonchev–Trinajstić information content (AvgIpc) is 2.41. The Bertz CT molecular complexity index is 617. The third-order valence-corrected chi connectivity index (χ3v) is 3.32. The van der Waals surface area contributed by atoms with E-state index >= 15 is 0 Å². The molecule has 0 aliphatic heterocycles. The zero-order valence-corrected chi connectivity index (χ0v) is 11.5. The first kappa shape index (κ1) is 14.8. The highest BCUT2D eigenvalue weighted by Crippen LogP contribution is 2.34. The van der Waals surface area contributed by atoms with Crippen molar-refractivity contribution < 1.29 is 18.6 Å². The maximum atomic E-state index is 13.6. The fourth-order valence-electron chi connectivity index (χ4n) is 2.02. The number of rotatable bonds is 4. The molecular formula is C15H13ClF2O2. The molecule has 0 spiro atoms. The molecule has 1 unspecified atom stereocenters. The highest BCUT2D eigenvalue weighted by molar-refractivity contribution is 6.31. The summed E-state index contributed by atoms with van der Waals surface area (Å²) in [4.78, 5) is 0. The summed E-state index contributed by atoms with van der Waals surface area (Å²) in [7, 11) is 1.46. The third kappa shape index (κ3) is 3.08. The average molecular weight is 299 g/mol. The Morgan fingerprint density at radius 2 is 2.00 bits per heavy atom. The molecule has 2 rings (SSSR count). The monoisotopic (exact) mass is 298 g/mol. The van der Waals surface area contributed by atoms with Crippen LogP contribution in [0, 0.1) is 11.6 Å². The quantitative estimate of drug-likeness (QED) is 0.927. The number of methoxy groups -OCH3 is 1. The summed E-state index contributed by atoms with van der Waals surface area (Å²) in [5, 5.41) is 10.6. The fourth-order valence-corrected chi connectivity index (χ4v) is 2.31. The molecule has 0 aliphatic carbocycles. The van der Waals surface area contributed by atoms with E-state index in [9.17, 15) is 13.9 Å². The highest BCUT2D eigenvalue weighted by Gasteiger charge is 2.19. The molecule has 0 saturated carbocycles. The number of hydrogen-bond acceptors (Lipinski definition) is 2. The minimum Gasteiger partial charge on any atom is -0.496 e. The molecule has 0 fully saturated rings. The highest BCUT2D eigenvalue weighted by atomic mass is 35.5. The second-order valence-electron chi connectivity index (χ2n) is 4.31. The largest absolute Gasteiger partial charge is 0.496 e. The van der Waals surface area contributed by atoms with Gasteiger partial charge >= 0.3 is 0 Å². The van der Waals surface area contributed by atoms with Gasteiger partial charge < -0.3 is 9.84 Å². The molecule has 2 aromatic carbocycles. The SMILES string of the molecule is COc1cccc(Cl)c1C(O)Cc1ccc(F)cc1F. The maximum absolute atomic E-state index is 13.6. The van der Waals surface area contributed by atoms with E-state index in [0.717, 1.165) is 12.1 Å². The van der Waals surface area contributed by atoms with Gasteiger partial charge in [-0.1, -0.05) is 23.7 Å². The molecule has 0 saturated heterocycles. The molecule has 2 nitrogen and oxygen atoms in total. The number of benzene rings is 2. The van der Waals surface area contributed by atoms with Crippen LogP contribution in [0.1, 0.15) is 17.2 Å². The van der Waals surface area contributed by atoms with Crippen molar-refractivity contribution in [2.24, 2.45) is 0 Å². The number of halogens is 3. The zero-order chi connectivity index (χ0) is 14.7. The van der Waals surface area contributed by atoms with Crippen molar-refractivity contribution >= 4 is 11.6 Å². The van der Waals surface area contributed by atoms with E-state index in [1.807, 2.05) is 0 Å². The molecule has 0 radical (unpaired) electrons. The Labute approximate surface area is 120 Å². The Morgan fingerprint density at radius 1 is 1.25 bits per heavy atom. The minimum atomic E-state index is -1.04. The Balaban J connectivity index is 2.30. The Hall–Kier alpha value is -1.65. The van der Waals surface area contributed by atoms with Gasteiger partial charge in [-0.05, 0) is 23.8 Å². The topological polar surface area (TPSA) is 29.5 Å². The molecule has 20 heavy (non-hydrogen) atoms. The van der Waals surface area contributed by atoms with Gasteiger partial charge in [0.25, 0.3) is 0 Å². The molecule has 2 aromatic rings. The number of hydrogen-bond donors (Lipinski definition) is 1. The molecule has 106 valence electrons. The molecule has 5 heteroatoms. The Morgan fingerprint density at radius 3 is 2.65 bits per heavy atom. The summed E-state index contributed by atoms with van der Waals surface area (Å²) in [5.41, 5.74) is 0.598.